The minimum absolute atomic E-state index is 0.00916. The van der Waals surface area contributed by atoms with Crippen LogP contribution in [0.4, 0.5) is 27.8 Å². The molecule has 0 radical (unpaired) electrons. The summed E-state index contributed by atoms with van der Waals surface area (Å²) in [6.45, 7) is 0.615. The SMILES string of the molecule is NC(=O)Nc1sc(-c2ccc(C(F)(F)F)cc2)cc1C(=O)OC1CCCN(C(N)=O)C1. The Bertz CT molecular complexity index is 991. The van der Waals surface area contributed by atoms with Gasteiger partial charge in [0.25, 0.3) is 0 Å². The molecule has 1 saturated heterocycles. The number of alkyl halides is 3. The van der Waals surface area contributed by atoms with Crippen LogP contribution in [0.15, 0.2) is 30.3 Å². The maximum atomic E-state index is 12.8. The lowest BCUT2D eigenvalue weighted by atomic mass is 10.1. The zero-order valence-corrected chi connectivity index (χ0v) is 16.9. The van der Waals surface area contributed by atoms with Gasteiger partial charge >= 0.3 is 24.2 Å². The first-order valence-corrected chi connectivity index (χ1v) is 9.99. The van der Waals surface area contributed by atoms with Gasteiger partial charge in [-0.05, 0) is 36.6 Å². The highest BCUT2D eigenvalue weighted by Gasteiger charge is 2.30. The van der Waals surface area contributed by atoms with Crippen molar-refractivity contribution in [2.45, 2.75) is 25.1 Å². The Morgan fingerprint density at radius 3 is 2.42 bits per heavy atom. The minimum atomic E-state index is -4.47. The topological polar surface area (TPSA) is 128 Å². The number of carbonyl (C=O) groups excluding carboxylic acids is 3. The molecule has 3 rings (SSSR count). The molecule has 1 aromatic carbocycles. The third kappa shape index (κ3) is 5.45. The second kappa shape index (κ2) is 8.84. The number of thiophene rings is 1. The van der Waals surface area contributed by atoms with E-state index in [1.165, 1.54) is 23.1 Å². The molecule has 1 aliphatic rings. The summed E-state index contributed by atoms with van der Waals surface area (Å²) in [6.07, 6.45) is -3.91. The van der Waals surface area contributed by atoms with Gasteiger partial charge < -0.3 is 21.1 Å². The van der Waals surface area contributed by atoms with Gasteiger partial charge in [0.05, 0.1) is 17.7 Å². The lowest BCUT2D eigenvalue weighted by Gasteiger charge is -2.31. The molecule has 1 aromatic heterocycles. The standard InChI is InChI=1S/C19H19F3N4O4S/c20-19(21,22)11-5-3-10(4-6-11)14-8-13(15(31-14)25-17(23)28)16(27)30-12-2-1-7-26(9-12)18(24)29/h3-6,8,12H,1-2,7,9H2,(H2,24,29)(H3,23,25,28). The first-order valence-electron chi connectivity index (χ1n) is 9.18. The number of likely N-dealkylation sites (tertiary alicyclic amines) is 1. The zero-order chi connectivity index (χ0) is 22.8. The zero-order valence-electron chi connectivity index (χ0n) is 16.1. The van der Waals surface area contributed by atoms with Crippen LogP contribution >= 0.6 is 11.3 Å². The largest absolute Gasteiger partial charge is 0.457 e. The van der Waals surface area contributed by atoms with E-state index in [9.17, 15) is 27.6 Å². The number of benzene rings is 1. The number of piperidine rings is 1. The molecule has 4 amide bonds. The van der Waals surface area contributed by atoms with Gasteiger partial charge in [0.1, 0.15) is 11.1 Å². The van der Waals surface area contributed by atoms with E-state index in [2.05, 4.69) is 5.32 Å². The molecule has 31 heavy (non-hydrogen) atoms. The predicted molar refractivity (Wildman–Crippen MR) is 108 cm³/mol. The van der Waals surface area contributed by atoms with Crippen molar-refractivity contribution < 1.29 is 32.3 Å². The van der Waals surface area contributed by atoms with E-state index in [1.54, 1.807) is 0 Å². The van der Waals surface area contributed by atoms with E-state index in [1.807, 2.05) is 0 Å². The van der Waals surface area contributed by atoms with Crippen LogP contribution in [0.25, 0.3) is 10.4 Å². The number of urea groups is 2. The van der Waals surface area contributed by atoms with Gasteiger partial charge in [-0.1, -0.05) is 12.1 Å². The predicted octanol–water partition coefficient (Wildman–Crippen LogP) is 3.62. The molecule has 1 unspecified atom stereocenters. The first kappa shape index (κ1) is 22.4. The smallest absolute Gasteiger partial charge is 0.416 e. The quantitative estimate of drug-likeness (QED) is 0.607. The lowest BCUT2D eigenvalue weighted by Crippen LogP contribution is -2.46. The van der Waals surface area contributed by atoms with Gasteiger partial charge in [-0.2, -0.15) is 13.2 Å². The summed E-state index contributed by atoms with van der Waals surface area (Å²) in [5.41, 5.74) is 10.1. The van der Waals surface area contributed by atoms with Gasteiger partial charge in [-0.25, -0.2) is 14.4 Å². The third-order valence-corrected chi connectivity index (χ3v) is 5.75. The number of esters is 1. The number of ether oxygens (including phenoxy) is 1. The summed E-state index contributed by atoms with van der Waals surface area (Å²) >= 11 is 0.972. The van der Waals surface area contributed by atoms with E-state index < -0.39 is 35.9 Å². The lowest BCUT2D eigenvalue weighted by molar-refractivity contribution is -0.137. The first-order chi connectivity index (χ1) is 14.5. The van der Waals surface area contributed by atoms with Crippen molar-refractivity contribution in [2.24, 2.45) is 11.5 Å². The number of nitrogens with two attached hydrogens (primary N) is 2. The van der Waals surface area contributed by atoms with Crippen LogP contribution in [-0.2, 0) is 10.9 Å². The highest BCUT2D eigenvalue weighted by molar-refractivity contribution is 7.20. The molecule has 166 valence electrons. The number of halogens is 3. The molecular weight excluding hydrogens is 437 g/mol. The molecule has 0 aliphatic carbocycles. The number of nitrogens with zero attached hydrogens (tertiary/aromatic N) is 1. The molecule has 2 heterocycles. The molecule has 0 bridgehead atoms. The summed E-state index contributed by atoms with van der Waals surface area (Å²) in [5.74, 6) is -0.755. The van der Waals surface area contributed by atoms with Crippen LogP contribution in [0.1, 0.15) is 28.8 Å². The van der Waals surface area contributed by atoms with E-state index in [-0.39, 0.29) is 17.1 Å². The summed E-state index contributed by atoms with van der Waals surface area (Å²) < 4.78 is 43.8. The summed E-state index contributed by atoms with van der Waals surface area (Å²) in [5, 5.41) is 2.44. The molecular formula is C19H19F3N4O4S. The van der Waals surface area contributed by atoms with Gasteiger partial charge in [-0.15, -0.1) is 11.3 Å². The molecule has 2 aromatic rings. The number of primary amides is 2. The molecule has 5 N–H and O–H groups in total. The molecule has 12 heteroatoms. The average Bonchev–Trinajstić information content (AvgIpc) is 3.11. The molecule has 0 spiro atoms. The van der Waals surface area contributed by atoms with Crippen LogP contribution in [-0.4, -0.2) is 42.1 Å². The minimum Gasteiger partial charge on any atom is -0.457 e. The van der Waals surface area contributed by atoms with Crippen LogP contribution in [0.3, 0.4) is 0 Å². The molecule has 0 saturated carbocycles. The van der Waals surface area contributed by atoms with Gasteiger partial charge in [0, 0.05) is 11.4 Å². The average molecular weight is 456 g/mol. The van der Waals surface area contributed by atoms with E-state index in [4.69, 9.17) is 16.2 Å². The van der Waals surface area contributed by atoms with E-state index >= 15 is 0 Å². The monoisotopic (exact) mass is 456 g/mol. The number of rotatable bonds is 4. The third-order valence-electron chi connectivity index (χ3n) is 4.65. The van der Waals surface area contributed by atoms with E-state index in [0.717, 1.165) is 23.5 Å². The number of nitrogens with one attached hydrogen (secondary N) is 1. The van der Waals surface area contributed by atoms with Crippen molar-refractivity contribution in [3.05, 3.63) is 41.5 Å². The normalized spacial score (nSPS) is 16.6. The number of hydrogen-bond acceptors (Lipinski definition) is 5. The van der Waals surface area contributed by atoms with Crippen molar-refractivity contribution in [3.63, 3.8) is 0 Å². The molecule has 1 atom stereocenters. The van der Waals surface area contributed by atoms with Gasteiger partial charge in [0.2, 0.25) is 0 Å². The summed E-state index contributed by atoms with van der Waals surface area (Å²) in [6, 6.07) is 4.27. The molecule has 1 aliphatic heterocycles. The van der Waals surface area contributed by atoms with Crippen molar-refractivity contribution in [1.29, 1.82) is 0 Å². The summed E-state index contributed by atoms with van der Waals surface area (Å²) in [4.78, 5) is 37.2. The second-order valence-corrected chi connectivity index (χ2v) is 7.92. The van der Waals surface area contributed by atoms with Crippen LogP contribution in [0.5, 0.6) is 0 Å². The summed E-state index contributed by atoms with van der Waals surface area (Å²) in [7, 11) is 0. The van der Waals surface area contributed by atoms with Gasteiger partial charge in [0.15, 0.2) is 0 Å². The Kier molecular flexibility index (Phi) is 6.39. The number of amides is 4. The van der Waals surface area contributed by atoms with Crippen LogP contribution < -0.4 is 16.8 Å². The molecule has 8 nitrogen and oxygen atoms in total. The van der Waals surface area contributed by atoms with Crippen molar-refractivity contribution in [2.75, 3.05) is 18.4 Å². The Balaban J connectivity index is 1.84. The Labute approximate surface area is 178 Å². The van der Waals surface area contributed by atoms with Crippen molar-refractivity contribution in [1.82, 2.24) is 4.90 Å². The highest BCUT2D eigenvalue weighted by Crippen LogP contribution is 2.38. The van der Waals surface area contributed by atoms with Gasteiger partial charge in [-0.3, -0.25) is 5.32 Å². The maximum Gasteiger partial charge on any atom is 0.416 e. The number of carbonyl (C=O) groups is 3. The fraction of sp³-hybridized carbons (Fsp3) is 0.316. The maximum absolute atomic E-state index is 12.8. The second-order valence-electron chi connectivity index (χ2n) is 6.87. The molecule has 1 fully saturated rings. The van der Waals surface area contributed by atoms with Crippen molar-refractivity contribution >= 4 is 34.4 Å². The number of hydrogen-bond donors (Lipinski definition) is 3. The van der Waals surface area contributed by atoms with Crippen molar-refractivity contribution in [3.8, 4) is 10.4 Å². The fourth-order valence-electron chi connectivity index (χ4n) is 3.16. The Morgan fingerprint density at radius 2 is 1.84 bits per heavy atom. The highest BCUT2D eigenvalue weighted by atomic mass is 32.1. The van der Waals surface area contributed by atoms with E-state index in [0.29, 0.717) is 29.8 Å². The van der Waals surface area contributed by atoms with Crippen LogP contribution in [0.2, 0.25) is 0 Å². The fourth-order valence-corrected chi connectivity index (χ4v) is 4.22. The Morgan fingerprint density at radius 1 is 1.16 bits per heavy atom. The Hall–Kier alpha value is -3.28. The van der Waals surface area contributed by atoms with Crippen LogP contribution in [0, 0.1) is 0 Å². The number of anilines is 1.